The van der Waals surface area contributed by atoms with Crippen molar-refractivity contribution in [2.24, 2.45) is 0 Å². The van der Waals surface area contributed by atoms with Gasteiger partial charge in [0.05, 0.1) is 6.04 Å². The molecular weight excluding hydrogens is 214 g/mol. The maximum atomic E-state index is 5.34. The summed E-state index contributed by atoms with van der Waals surface area (Å²) >= 11 is 0. The summed E-state index contributed by atoms with van der Waals surface area (Å²) in [5.41, 5.74) is 2.17. The van der Waals surface area contributed by atoms with E-state index < -0.39 is 0 Å². The molecule has 1 aliphatic rings. The standard InChI is InChI=1S/C13H15N3O/c1-9-5-2-3-6-10(9)13-15-12(16-17-13)11-7-4-8-14-11/h2-3,5-6,11,14H,4,7-8H2,1H3. The van der Waals surface area contributed by atoms with Gasteiger partial charge in [0, 0.05) is 5.56 Å². The van der Waals surface area contributed by atoms with Crippen molar-refractivity contribution in [2.45, 2.75) is 25.8 Å². The van der Waals surface area contributed by atoms with Gasteiger partial charge < -0.3 is 9.84 Å². The molecule has 0 amide bonds. The van der Waals surface area contributed by atoms with Crippen molar-refractivity contribution in [1.82, 2.24) is 15.5 Å². The van der Waals surface area contributed by atoms with Gasteiger partial charge in [-0.05, 0) is 37.9 Å². The zero-order chi connectivity index (χ0) is 11.7. The summed E-state index contributed by atoms with van der Waals surface area (Å²) < 4.78 is 5.34. The minimum Gasteiger partial charge on any atom is -0.334 e. The molecule has 1 aliphatic heterocycles. The number of benzene rings is 1. The van der Waals surface area contributed by atoms with Crippen LogP contribution < -0.4 is 5.32 Å². The van der Waals surface area contributed by atoms with Crippen LogP contribution in [0.3, 0.4) is 0 Å². The van der Waals surface area contributed by atoms with Gasteiger partial charge in [-0.3, -0.25) is 0 Å². The third kappa shape index (κ3) is 1.96. The Labute approximate surface area is 100 Å². The molecule has 1 aromatic heterocycles. The molecule has 0 bridgehead atoms. The van der Waals surface area contributed by atoms with Crippen molar-refractivity contribution in [3.05, 3.63) is 35.7 Å². The number of aromatic nitrogens is 2. The fraction of sp³-hybridized carbons (Fsp3) is 0.385. The van der Waals surface area contributed by atoms with Gasteiger partial charge >= 0.3 is 0 Å². The molecule has 0 saturated carbocycles. The number of rotatable bonds is 2. The molecular formula is C13H15N3O. The summed E-state index contributed by atoms with van der Waals surface area (Å²) in [4.78, 5) is 4.48. The van der Waals surface area contributed by atoms with Gasteiger partial charge in [0.15, 0.2) is 5.82 Å². The largest absolute Gasteiger partial charge is 0.334 e. The summed E-state index contributed by atoms with van der Waals surface area (Å²) in [6, 6.07) is 8.31. The summed E-state index contributed by atoms with van der Waals surface area (Å²) in [6.45, 7) is 3.09. The molecule has 17 heavy (non-hydrogen) atoms. The molecule has 2 aromatic rings. The van der Waals surface area contributed by atoms with Crippen LogP contribution in [0, 0.1) is 6.92 Å². The van der Waals surface area contributed by atoms with Crippen molar-refractivity contribution >= 4 is 0 Å². The Kier molecular flexibility index (Phi) is 2.65. The van der Waals surface area contributed by atoms with Crippen LogP contribution in [-0.2, 0) is 0 Å². The van der Waals surface area contributed by atoms with Crippen LogP contribution in [0.15, 0.2) is 28.8 Å². The van der Waals surface area contributed by atoms with Gasteiger partial charge in [-0.25, -0.2) is 0 Å². The Morgan fingerprint density at radius 3 is 3.00 bits per heavy atom. The van der Waals surface area contributed by atoms with E-state index in [2.05, 4.69) is 15.5 Å². The number of hydrogen-bond acceptors (Lipinski definition) is 4. The molecule has 0 spiro atoms. The summed E-state index contributed by atoms with van der Waals surface area (Å²) in [5, 5.41) is 7.43. The first-order chi connectivity index (χ1) is 8.34. The minimum atomic E-state index is 0.261. The quantitative estimate of drug-likeness (QED) is 0.859. The fourth-order valence-electron chi connectivity index (χ4n) is 2.20. The highest BCUT2D eigenvalue weighted by atomic mass is 16.5. The lowest BCUT2D eigenvalue weighted by molar-refractivity contribution is 0.412. The Morgan fingerprint density at radius 2 is 2.24 bits per heavy atom. The molecule has 1 unspecified atom stereocenters. The Bertz CT molecular complexity index is 515. The van der Waals surface area contributed by atoms with Crippen LogP contribution in [-0.4, -0.2) is 16.7 Å². The first kappa shape index (κ1) is 10.5. The molecule has 1 N–H and O–H groups in total. The van der Waals surface area contributed by atoms with E-state index in [-0.39, 0.29) is 6.04 Å². The minimum absolute atomic E-state index is 0.261. The van der Waals surface area contributed by atoms with Crippen molar-refractivity contribution in [3.63, 3.8) is 0 Å². The second kappa shape index (κ2) is 4.30. The molecule has 2 heterocycles. The second-order valence-electron chi connectivity index (χ2n) is 4.42. The second-order valence-corrected chi connectivity index (χ2v) is 4.42. The van der Waals surface area contributed by atoms with E-state index >= 15 is 0 Å². The van der Waals surface area contributed by atoms with E-state index in [1.807, 2.05) is 31.2 Å². The Hall–Kier alpha value is -1.68. The molecule has 1 aromatic carbocycles. The van der Waals surface area contributed by atoms with E-state index in [9.17, 15) is 0 Å². The van der Waals surface area contributed by atoms with E-state index in [0.717, 1.165) is 29.9 Å². The normalized spacial score (nSPS) is 19.7. The molecule has 3 rings (SSSR count). The van der Waals surface area contributed by atoms with Crippen molar-refractivity contribution < 1.29 is 4.52 Å². The topological polar surface area (TPSA) is 51.0 Å². The number of hydrogen-bond donors (Lipinski definition) is 1. The Balaban J connectivity index is 1.92. The van der Waals surface area contributed by atoms with Gasteiger partial charge in [-0.15, -0.1) is 0 Å². The monoisotopic (exact) mass is 229 g/mol. The van der Waals surface area contributed by atoms with Crippen LogP contribution in [0.5, 0.6) is 0 Å². The molecule has 88 valence electrons. The maximum absolute atomic E-state index is 5.34. The van der Waals surface area contributed by atoms with Crippen molar-refractivity contribution in [1.29, 1.82) is 0 Å². The van der Waals surface area contributed by atoms with Crippen LogP contribution in [0.2, 0.25) is 0 Å². The van der Waals surface area contributed by atoms with Crippen molar-refractivity contribution in [2.75, 3.05) is 6.54 Å². The highest BCUT2D eigenvalue weighted by Crippen LogP contribution is 2.25. The van der Waals surface area contributed by atoms with Gasteiger partial charge in [0.25, 0.3) is 5.89 Å². The van der Waals surface area contributed by atoms with Crippen LogP contribution in [0.1, 0.15) is 30.3 Å². The van der Waals surface area contributed by atoms with Gasteiger partial charge in [-0.1, -0.05) is 23.4 Å². The average molecular weight is 229 g/mol. The third-order valence-corrected chi connectivity index (χ3v) is 3.19. The predicted octanol–water partition coefficient (Wildman–Crippen LogP) is 2.47. The third-order valence-electron chi connectivity index (χ3n) is 3.19. The van der Waals surface area contributed by atoms with Crippen LogP contribution >= 0.6 is 0 Å². The van der Waals surface area contributed by atoms with E-state index in [0.29, 0.717) is 5.89 Å². The zero-order valence-electron chi connectivity index (χ0n) is 9.81. The number of nitrogens with one attached hydrogen (secondary N) is 1. The molecule has 0 aliphatic carbocycles. The lowest BCUT2D eigenvalue weighted by atomic mass is 10.1. The zero-order valence-corrected chi connectivity index (χ0v) is 9.81. The van der Waals surface area contributed by atoms with E-state index in [1.165, 1.54) is 6.42 Å². The van der Waals surface area contributed by atoms with Gasteiger partial charge in [-0.2, -0.15) is 4.98 Å². The smallest absolute Gasteiger partial charge is 0.258 e. The summed E-state index contributed by atoms with van der Waals surface area (Å²) in [7, 11) is 0. The maximum Gasteiger partial charge on any atom is 0.258 e. The molecule has 0 radical (unpaired) electrons. The van der Waals surface area contributed by atoms with E-state index in [4.69, 9.17) is 4.52 Å². The molecule has 1 saturated heterocycles. The highest BCUT2D eigenvalue weighted by molar-refractivity contribution is 5.57. The highest BCUT2D eigenvalue weighted by Gasteiger charge is 2.22. The SMILES string of the molecule is Cc1ccccc1-c1nc(C2CCCN2)no1. The first-order valence-corrected chi connectivity index (χ1v) is 5.97. The summed E-state index contributed by atoms with van der Waals surface area (Å²) in [5.74, 6) is 1.40. The Morgan fingerprint density at radius 1 is 1.35 bits per heavy atom. The van der Waals surface area contributed by atoms with E-state index in [1.54, 1.807) is 0 Å². The van der Waals surface area contributed by atoms with Gasteiger partial charge in [0.2, 0.25) is 0 Å². The van der Waals surface area contributed by atoms with Crippen molar-refractivity contribution in [3.8, 4) is 11.5 Å². The van der Waals surface area contributed by atoms with Gasteiger partial charge in [0.1, 0.15) is 0 Å². The van der Waals surface area contributed by atoms with Crippen LogP contribution in [0.4, 0.5) is 0 Å². The molecule has 4 heteroatoms. The average Bonchev–Trinajstić information content (AvgIpc) is 3.00. The lowest BCUT2D eigenvalue weighted by Crippen LogP contribution is -2.14. The molecule has 1 atom stereocenters. The summed E-state index contributed by atoms with van der Waals surface area (Å²) in [6.07, 6.45) is 2.27. The molecule has 4 nitrogen and oxygen atoms in total. The predicted molar refractivity (Wildman–Crippen MR) is 64.4 cm³/mol. The fourth-order valence-corrected chi connectivity index (χ4v) is 2.20. The van der Waals surface area contributed by atoms with Crippen LogP contribution in [0.25, 0.3) is 11.5 Å². The lowest BCUT2D eigenvalue weighted by Gasteiger charge is -2.02. The number of nitrogens with zero attached hydrogens (tertiary/aromatic N) is 2. The molecule has 1 fully saturated rings. The number of aryl methyl sites for hydroxylation is 1. The first-order valence-electron chi connectivity index (χ1n) is 5.97.